The molecule has 0 saturated carbocycles. The fourth-order valence-electron chi connectivity index (χ4n) is 3.31. The zero-order chi connectivity index (χ0) is 26.3. The highest BCUT2D eigenvalue weighted by molar-refractivity contribution is 7.92. The predicted molar refractivity (Wildman–Crippen MR) is 137 cm³/mol. The number of ether oxygens (including phenoxy) is 3. The van der Waals surface area contributed by atoms with Crippen LogP contribution >= 0.6 is 11.6 Å². The number of benzene rings is 3. The van der Waals surface area contributed by atoms with Gasteiger partial charge in [-0.3, -0.25) is 9.10 Å². The summed E-state index contributed by atoms with van der Waals surface area (Å²) < 4.78 is 43.6. The molecule has 0 heterocycles. The number of halogens is 1. The Kier molecular flexibility index (Phi) is 8.78. The van der Waals surface area contributed by atoms with Gasteiger partial charge >= 0.3 is 5.97 Å². The minimum absolute atomic E-state index is 0.0381. The summed E-state index contributed by atoms with van der Waals surface area (Å²) in [5.74, 6) is -0.478. The highest BCUT2D eigenvalue weighted by Gasteiger charge is 2.29. The number of esters is 1. The van der Waals surface area contributed by atoms with Gasteiger partial charge in [-0.25, -0.2) is 13.2 Å². The van der Waals surface area contributed by atoms with Crippen LogP contribution in [0.2, 0.25) is 5.02 Å². The van der Waals surface area contributed by atoms with Crippen LogP contribution in [0.15, 0.2) is 71.6 Å². The Labute approximate surface area is 214 Å². The molecule has 0 unspecified atom stereocenters. The Balaban J connectivity index is 1.92. The Bertz CT molecular complexity index is 1340. The average Bonchev–Trinajstić information content (AvgIpc) is 2.87. The standard InChI is InChI=1S/C25H25ClN2O7S/c1-4-35-25(30)20-14-9-17(15-21(20)26)27-24(29)16-28(22-7-5-6-8-23(22)34-3)36(31,32)19-12-10-18(33-2)11-13-19/h5-15H,4,16H2,1-3H3,(H,27,29). The lowest BCUT2D eigenvalue weighted by Gasteiger charge is -2.25. The average molecular weight is 533 g/mol. The minimum atomic E-state index is -4.18. The second-order valence-corrected chi connectivity index (χ2v) is 9.59. The second kappa shape index (κ2) is 11.8. The molecule has 3 aromatic rings. The van der Waals surface area contributed by atoms with Gasteiger partial charge in [-0.1, -0.05) is 23.7 Å². The number of methoxy groups -OCH3 is 2. The van der Waals surface area contributed by atoms with E-state index in [9.17, 15) is 18.0 Å². The number of anilines is 2. The van der Waals surface area contributed by atoms with E-state index in [1.807, 2.05) is 0 Å². The van der Waals surface area contributed by atoms with Crippen molar-refractivity contribution in [2.75, 3.05) is 37.0 Å². The maximum Gasteiger partial charge on any atom is 0.339 e. The normalized spacial score (nSPS) is 10.9. The van der Waals surface area contributed by atoms with E-state index in [1.54, 1.807) is 25.1 Å². The number of hydrogen-bond donors (Lipinski definition) is 1. The molecular weight excluding hydrogens is 508 g/mol. The van der Waals surface area contributed by atoms with Crippen LogP contribution in [0.25, 0.3) is 0 Å². The summed E-state index contributed by atoms with van der Waals surface area (Å²) in [6.45, 7) is 1.30. The summed E-state index contributed by atoms with van der Waals surface area (Å²) in [5.41, 5.74) is 0.607. The van der Waals surface area contributed by atoms with Gasteiger partial charge in [0.15, 0.2) is 0 Å². The van der Waals surface area contributed by atoms with E-state index in [-0.39, 0.29) is 39.2 Å². The number of para-hydroxylation sites is 2. The summed E-state index contributed by atoms with van der Waals surface area (Å²) >= 11 is 6.18. The van der Waals surface area contributed by atoms with Gasteiger partial charge in [0.2, 0.25) is 5.91 Å². The second-order valence-electron chi connectivity index (χ2n) is 7.32. The number of hydrogen-bond acceptors (Lipinski definition) is 7. The van der Waals surface area contributed by atoms with Crippen molar-refractivity contribution in [1.29, 1.82) is 0 Å². The third-order valence-corrected chi connectivity index (χ3v) is 7.12. The molecule has 0 saturated heterocycles. The number of amides is 1. The van der Waals surface area contributed by atoms with Crippen LogP contribution in [0.4, 0.5) is 11.4 Å². The first-order chi connectivity index (χ1) is 17.2. The monoisotopic (exact) mass is 532 g/mol. The van der Waals surface area contributed by atoms with Crippen LogP contribution in [-0.2, 0) is 19.6 Å². The van der Waals surface area contributed by atoms with E-state index in [1.165, 1.54) is 62.8 Å². The quantitative estimate of drug-likeness (QED) is 0.386. The third-order valence-electron chi connectivity index (χ3n) is 5.04. The molecule has 9 nitrogen and oxygen atoms in total. The van der Waals surface area contributed by atoms with Gasteiger partial charge in [0, 0.05) is 5.69 Å². The number of nitrogens with zero attached hydrogens (tertiary/aromatic N) is 1. The van der Waals surface area contributed by atoms with Crippen molar-refractivity contribution in [3.8, 4) is 11.5 Å². The number of carbonyl (C=O) groups is 2. The lowest BCUT2D eigenvalue weighted by Crippen LogP contribution is -2.38. The van der Waals surface area contributed by atoms with Crippen molar-refractivity contribution in [2.45, 2.75) is 11.8 Å². The number of rotatable bonds is 10. The van der Waals surface area contributed by atoms with Gasteiger partial charge in [0.25, 0.3) is 10.0 Å². The van der Waals surface area contributed by atoms with E-state index in [0.717, 1.165) is 4.31 Å². The molecule has 0 aliphatic heterocycles. The maximum atomic E-state index is 13.6. The minimum Gasteiger partial charge on any atom is -0.497 e. The van der Waals surface area contributed by atoms with Crippen molar-refractivity contribution < 1.29 is 32.2 Å². The molecule has 0 atom stereocenters. The van der Waals surface area contributed by atoms with Crippen molar-refractivity contribution >= 4 is 44.9 Å². The molecule has 0 radical (unpaired) electrons. The molecule has 0 aromatic heterocycles. The lowest BCUT2D eigenvalue weighted by atomic mass is 10.2. The molecule has 36 heavy (non-hydrogen) atoms. The van der Waals surface area contributed by atoms with Gasteiger partial charge in [-0.15, -0.1) is 0 Å². The van der Waals surface area contributed by atoms with Crippen molar-refractivity contribution in [3.05, 3.63) is 77.3 Å². The summed E-state index contributed by atoms with van der Waals surface area (Å²) in [5, 5.41) is 2.70. The SMILES string of the molecule is CCOC(=O)c1ccc(NC(=O)CN(c2ccccc2OC)S(=O)(=O)c2ccc(OC)cc2)cc1Cl. The van der Waals surface area contributed by atoms with Crippen LogP contribution in [0.5, 0.6) is 11.5 Å². The highest BCUT2D eigenvalue weighted by Crippen LogP contribution is 2.32. The molecule has 0 aliphatic rings. The molecule has 0 fully saturated rings. The number of sulfonamides is 1. The first-order valence-corrected chi connectivity index (χ1v) is 12.6. The summed E-state index contributed by atoms with van der Waals surface area (Å²) in [7, 11) is -1.30. The van der Waals surface area contributed by atoms with Crippen LogP contribution in [0.1, 0.15) is 17.3 Å². The molecule has 0 aliphatic carbocycles. The van der Waals surface area contributed by atoms with E-state index in [0.29, 0.717) is 5.75 Å². The summed E-state index contributed by atoms with van der Waals surface area (Å²) in [4.78, 5) is 24.9. The Hall–Kier alpha value is -3.76. The third kappa shape index (κ3) is 6.07. The Morgan fingerprint density at radius 2 is 1.67 bits per heavy atom. The van der Waals surface area contributed by atoms with Crippen LogP contribution in [0.3, 0.4) is 0 Å². The van der Waals surface area contributed by atoms with Gasteiger partial charge in [0.05, 0.1) is 42.0 Å². The van der Waals surface area contributed by atoms with Crippen molar-refractivity contribution in [3.63, 3.8) is 0 Å². The smallest absolute Gasteiger partial charge is 0.339 e. The molecule has 0 bridgehead atoms. The fraction of sp³-hybridized carbons (Fsp3) is 0.200. The first-order valence-electron chi connectivity index (χ1n) is 10.8. The largest absolute Gasteiger partial charge is 0.497 e. The predicted octanol–water partition coefficient (Wildman–Crippen LogP) is 4.37. The number of carbonyl (C=O) groups excluding carboxylic acids is 2. The van der Waals surface area contributed by atoms with Gasteiger partial charge in [0.1, 0.15) is 18.0 Å². The first kappa shape index (κ1) is 26.8. The molecular formula is C25H25ClN2O7S. The zero-order valence-electron chi connectivity index (χ0n) is 19.9. The fourth-order valence-corrected chi connectivity index (χ4v) is 5.00. The van der Waals surface area contributed by atoms with E-state index in [2.05, 4.69) is 5.32 Å². The van der Waals surface area contributed by atoms with Crippen molar-refractivity contribution in [1.82, 2.24) is 0 Å². The molecule has 0 spiro atoms. The molecule has 190 valence electrons. The van der Waals surface area contributed by atoms with Gasteiger partial charge in [-0.05, 0) is 61.5 Å². The van der Waals surface area contributed by atoms with Crippen LogP contribution in [0, 0.1) is 0 Å². The highest BCUT2D eigenvalue weighted by atomic mass is 35.5. The molecule has 3 aromatic carbocycles. The zero-order valence-corrected chi connectivity index (χ0v) is 21.4. The van der Waals surface area contributed by atoms with E-state index < -0.39 is 28.4 Å². The van der Waals surface area contributed by atoms with Crippen LogP contribution in [-0.4, -0.2) is 47.7 Å². The molecule has 1 N–H and O–H groups in total. The van der Waals surface area contributed by atoms with Crippen LogP contribution < -0.4 is 19.1 Å². The maximum absolute atomic E-state index is 13.6. The Morgan fingerprint density at radius 1 is 0.972 bits per heavy atom. The van der Waals surface area contributed by atoms with Crippen molar-refractivity contribution in [2.24, 2.45) is 0 Å². The van der Waals surface area contributed by atoms with Gasteiger partial charge < -0.3 is 19.5 Å². The number of nitrogens with one attached hydrogen (secondary N) is 1. The topological polar surface area (TPSA) is 111 Å². The lowest BCUT2D eigenvalue weighted by molar-refractivity contribution is -0.114. The summed E-state index contributed by atoms with van der Waals surface area (Å²) in [6, 6.07) is 16.6. The van der Waals surface area contributed by atoms with E-state index >= 15 is 0 Å². The van der Waals surface area contributed by atoms with E-state index in [4.69, 9.17) is 25.8 Å². The molecule has 3 rings (SSSR count). The molecule has 11 heteroatoms. The van der Waals surface area contributed by atoms with Gasteiger partial charge in [-0.2, -0.15) is 0 Å². The summed E-state index contributed by atoms with van der Waals surface area (Å²) in [6.07, 6.45) is 0. The molecule has 1 amide bonds. The Morgan fingerprint density at radius 3 is 2.28 bits per heavy atom.